The Morgan fingerprint density at radius 2 is 2.06 bits per heavy atom. The summed E-state index contributed by atoms with van der Waals surface area (Å²) in [6, 6.07) is 0.706. The maximum Gasteiger partial charge on any atom is 0.0345 e. The summed E-state index contributed by atoms with van der Waals surface area (Å²) in [4.78, 5) is 5.04. The average molecular weight is 239 g/mol. The Morgan fingerprint density at radius 3 is 2.76 bits per heavy atom. The predicted octanol–water partition coefficient (Wildman–Crippen LogP) is 1.40. The highest BCUT2D eigenvalue weighted by Crippen LogP contribution is 2.27. The lowest BCUT2D eigenvalue weighted by Gasteiger charge is -2.35. The van der Waals surface area contributed by atoms with Gasteiger partial charge in [-0.25, -0.2) is 0 Å². The molecule has 3 heteroatoms. The van der Waals surface area contributed by atoms with Crippen molar-refractivity contribution in [1.29, 1.82) is 0 Å². The Labute approximate surface area is 107 Å². The zero-order valence-electron chi connectivity index (χ0n) is 11.6. The van der Waals surface area contributed by atoms with Crippen molar-refractivity contribution in [2.75, 3.05) is 46.8 Å². The summed E-state index contributed by atoms with van der Waals surface area (Å²) >= 11 is 0. The maximum atomic E-state index is 3.50. The van der Waals surface area contributed by atoms with Gasteiger partial charge in [0.1, 0.15) is 0 Å². The summed E-state index contributed by atoms with van der Waals surface area (Å²) in [5, 5.41) is 3.50. The van der Waals surface area contributed by atoms with Crippen LogP contribution in [-0.4, -0.2) is 62.7 Å². The molecule has 2 aliphatic rings. The molecule has 1 atom stereocenters. The van der Waals surface area contributed by atoms with E-state index in [9.17, 15) is 0 Å². The Morgan fingerprint density at radius 1 is 1.29 bits per heavy atom. The number of nitrogens with one attached hydrogen (secondary N) is 1. The van der Waals surface area contributed by atoms with Crippen LogP contribution in [0.4, 0.5) is 0 Å². The molecule has 1 unspecified atom stereocenters. The SMILES string of the molecule is CN(CCC1CCCC1)CC1CNCCN1C. The normalized spacial score (nSPS) is 28.1. The number of hydrogen-bond acceptors (Lipinski definition) is 3. The molecule has 0 aromatic carbocycles. The van der Waals surface area contributed by atoms with Crippen molar-refractivity contribution in [3.05, 3.63) is 0 Å². The van der Waals surface area contributed by atoms with E-state index < -0.39 is 0 Å². The average Bonchev–Trinajstić information content (AvgIpc) is 2.82. The molecule has 0 spiro atoms. The van der Waals surface area contributed by atoms with Crippen molar-refractivity contribution in [3.8, 4) is 0 Å². The lowest BCUT2D eigenvalue weighted by molar-refractivity contribution is 0.149. The maximum absolute atomic E-state index is 3.50. The minimum Gasteiger partial charge on any atom is -0.314 e. The lowest BCUT2D eigenvalue weighted by atomic mass is 10.0. The van der Waals surface area contributed by atoms with E-state index in [0.717, 1.165) is 19.0 Å². The third-order valence-electron chi connectivity index (χ3n) is 4.56. The molecule has 1 heterocycles. The molecule has 0 amide bonds. The first-order chi connectivity index (χ1) is 8.25. The second kappa shape index (κ2) is 6.72. The first-order valence-corrected chi connectivity index (χ1v) is 7.35. The summed E-state index contributed by atoms with van der Waals surface area (Å²) in [6.45, 7) is 6.01. The molecular weight excluding hydrogens is 210 g/mol. The van der Waals surface area contributed by atoms with Crippen LogP contribution in [-0.2, 0) is 0 Å². The molecule has 2 rings (SSSR count). The second-order valence-electron chi connectivity index (χ2n) is 6.04. The summed E-state index contributed by atoms with van der Waals surface area (Å²) in [5.74, 6) is 1.03. The van der Waals surface area contributed by atoms with Crippen molar-refractivity contribution in [2.24, 2.45) is 5.92 Å². The molecule has 0 aromatic rings. The van der Waals surface area contributed by atoms with Crippen LogP contribution in [0.25, 0.3) is 0 Å². The van der Waals surface area contributed by atoms with Crippen molar-refractivity contribution in [2.45, 2.75) is 38.1 Å². The molecule has 1 saturated carbocycles. The van der Waals surface area contributed by atoms with E-state index in [2.05, 4.69) is 29.2 Å². The van der Waals surface area contributed by atoms with Crippen LogP contribution in [0, 0.1) is 5.92 Å². The van der Waals surface area contributed by atoms with Crippen molar-refractivity contribution in [1.82, 2.24) is 15.1 Å². The van der Waals surface area contributed by atoms with Crippen LogP contribution in [0.15, 0.2) is 0 Å². The summed E-state index contributed by atoms with van der Waals surface area (Å²) in [5.41, 5.74) is 0. The topological polar surface area (TPSA) is 18.5 Å². The fourth-order valence-corrected chi connectivity index (χ4v) is 3.22. The first-order valence-electron chi connectivity index (χ1n) is 7.35. The highest BCUT2D eigenvalue weighted by atomic mass is 15.2. The smallest absolute Gasteiger partial charge is 0.0345 e. The number of likely N-dealkylation sites (N-methyl/N-ethyl adjacent to an activating group) is 2. The van der Waals surface area contributed by atoms with Crippen molar-refractivity contribution in [3.63, 3.8) is 0 Å². The standard InChI is InChI=1S/C14H29N3/c1-16(9-7-13-5-3-4-6-13)12-14-11-15-8-10-17(14)2/h13-15H,3-12H2,1-2H3. The van der Waals surface area contributed by atoms with Gasteiger partial charge in [0.2, 0.25) is 0 Å². The minimum atomic E-state index is 0.706. The summed E-state index contributed by atoms with van der Waals surface area (Å²) in [7, 11) is 4.55. The van der Waals surface area contributed by atoms with Crippen LogP contribution < -0.4 is 5.32 Å². The van der Waals surface area contributed by atoms with Gasteiger partial charge < -0.3 is 10.2 Å². The molecule has 1 N–H and O–H groups in total. The Balaban J connectivity index is 1.63. The van der Waals surface area contributed by atoms with Gasteiger partial charge >= 0.3 is 0 Å². The van der Waals surface area contributed by atoms with Gasteiger partial charge in [0.05, 0.1) is 0 Å². The minimum absolute atomic E-state index is 0.706. The lowest BCUT2D eigenvalue weighted by Crippen LogP contribution is -2.53. The Kier molecular flexibility index (Phi) is 5.26. The first kappa shape index (κ1) is 13.3. The predicted molar refractivity (Wildman–Crippen MR) is 73.4 cm³/mol. The molecule has 0 bridgehead atoms. The molecule has 1 aliphatic carbocycles. The van der Waals surface area contributed by atoms with Gasteiger partial charge in [-0.05, 0) is 33.0 Å². The molecule has 0 radical (unpaired) electrons. The van der Waals surface area contributed by atoms with Gasteiger partial charge in [-0.15, -0.1) is 0 Å². The van der Waals surface area contributed by atoms with Gasteiger partial charge in [0.25, 0.3) is 0 Å². The van der Waals surface area contributed by atoms with Gasteiger partial charge in [-0.2, -0.15) is 0 Å². The van der Waals surface area contributed by atoms with E-state index in [1.54, 1.807) is 0 Å². The Bertz CT molecular complexity index is 214. The van der Waals surface area contributed by atoms with Crippen LogP contribution in [0.1, 0.15) is 32.1 Å². The Hall–Kier alpha value is -0.120. The molecule has 2 fully saturated rings. The molecule has 1 aliphatic heterocycles. The highest BCUT2D eigenvalue weighted by molar-refractivity contribution is 4.80. The largest absolute Gasteiger partial charge is 0.314 e. The number of piperazine rings is 1. The van der Waals surface area contributed by atoms with E-state index in [1.807, 2.05) is 0 Å². The van der Waals surface area contributed by atoms with E-state index in [1.165, 1.54) is 51.7 Å². The van der Waals surface area contributed by atoms with E-state index in [0.29, 0.717) is 6.04 Å². The molecule has 0 aromatic heterocycles. The molecule has 1 saturated heterocycles. The van der Waals surface area contributed by atoms with E-state index in [-0.39, 0.29) is 0 Å². The summed E-state index contributed by atoms with van der Waals surface area (Å²) in [6.07, 6.45) is 7.34. The molecule has 17 heavy (non-hydrogen) atoms. The molecular formula is C14H29N3. The van der Waals surface area contributed by atoms with Gasteiger partial charge in [-0.3, -0.25) is 4.90 Å². The quantitative estimate of drug-likeness (QED) is 0.782. The van der Waals surface area contributed by atoms with Crippen LogP contribution in [0.5, 0.6) is 0 Å². The van der Waals surface area contributed by atoms with Crippen molar-refractivity contribution >= 4 is 0 Å². The monoisotopic (exact) mass is 239 g/mol. The van der Waals surface area contributed by atoms with Crippen LogP contribution in [0.3, 0.4) is 0 Å². The number of rotatable bonds is 5. The summed E-state index contributed by atoms with van der Waals surface area (Å²) < 4.78 is 0. The van der Waals surface area contributed by atoms with E-state index in [4.69, 9.17) is 0 Å². The molecule has 3 nitrogen and oxygen atoms in total. The van der Waals surface area contributed by atoms with Gasteiger partial charge in [0, 0.05) is 32.2 Å². The number of nitrogens with zero attached hydrogens (tertiary/aromatic N) is 2. The van der Waals surface area contributed by atoms with Gasteiger partial charge in [-0.1, -0.05) is 25.7 Å². The van der Waals surface area contributed by atoms with Crippen molar-refractivity contribution < 1.29 is 0 Å². The molecule has 100 valence electrons. The zero-order valence-corrected chi connectivity index (χ0v) is 11.6. The number of hydrogen-bond donors (Lipinski definition) is 1. The third-order valence-corrected chi connectivity index (χ3v) is 4.56. The fourth-order valence-electron chi connectivity index (χ4n) is 3.22. The second-order valence-corrected chi connectivity index (χ2v) is 6.04. The third kappa shape index (κ3) is 4.23. The van der Waals surface area contributed by atoms with Crippen LogP contribution in [0.2, 0.25) is 0 Å². The van der Waals surface area contributed by atoms with E-state index >= 15 is 0 Å². The highest BCUT2D eigenvalue weighted by Gasteiger charge is 2.21. The fraction of sp³-hybridized carbons (Fsp3) is 1.00. The zero-order chi connectivity index (χ0) is 12.1. The van der Waals surface area contributed by atoms with Crippen LogP contribution >= 0.6 is 0 Å². The van der Waals surface area contributed by atoms with Gasteiger partial charge in [0.15, 0.2) is 0 Å².